The molecule has 0 amide bonds. The summed E-state index contributed by atoms with van der Waals surface area (Å²) < 4.78 is 2.19. The van der Waals surface area contributed by atoms with Crippen LogP contribution in [0.1, 0.15) is 58.8 Å². The molecule has 0 aromatic carbocycles. The van der Waals surface area contributed by atoms with Gasteiger partial charge in [0.2, 0.25) is 6.17 Å². The van der Waals surface area contributed by atoms with Gasteiger partial charge in [0, 0.05) is 32.0 Å². The normalized spacial score (nSPS) is 31.5. The van der Waals surface area contributed by atoms with E-state index < -0.39 is 0 Å². The van der Waals surface area contributed by atoms with E-state index >= 15 is 0 Å². The molecule has 2 fully saturated rings. The van der Waals surface area contributed by atoms with Crippen molar-refractivity contribution in [2.24, 2.45) is 5.41 Å². The molecule has 4 heteroatoms. The molecule has 134 valence electrons. The monoisotopic (exact) mass is 323 g/mol. The molecule has 0 bridgehead atoms. The third-order valence-electron chi connectivity index (χ3n) is 6.27. The average Bonchev–Trinajstić information content (AvgIpc) is 2.47. The van der Waals surface area contributed by atoms with Crippen molar-refractivity contribution in [2.75, 3.05) is 33.7 Å². The predicted octanol–water partition coefficient (Wildman–Crippen LogP) is 2.29. The molecule has 2 rings (SSSR count). The van der Waals surface area contributed by atoms with Crippen molar-refractivity contribution in [1.29, 1.82) is 0 Å². The maximum atomic E-state index is 4.16. The van der Waals surface area contributed by atoms with Gasteiger partial charge in [-0.1, -0.05) is 6.42 Å². The molecule has 4 nitrogen and oxygen atoms in total. The summed E-state index contributed by atoms with van der Waals surface area (Å²) in [6.07, 6.45) is 9.88. The van der Waals surface area contributed by atoms with Crippen LogP contribution in [-0.2, 0) is 0 Å². The molecule has 0 spiro atoms. The van der Waals surface area contributed by atoms with Crippen LogP contribution >= 0.6 is 0 Å². The van der Waals surface area contributed by atoms with Crippen LogP contribution in [0.15, 0.2) is 0 Å². The zero-order chi connectivity index (χ0) is 16.9. The van der Waals surface area contributed by atoms with Gasteiger partial charge in [-0.15, -0.1) is 0 Å². The highest BCUT2D eigenvalue weighted by Gasteiger charge is 2.39. The molecular weight excluding hydrogens is 284 g/mol. The van der Waals surface area contributed by atoms with Gasteiger partial charge in [0.05, 0.1) is 0 Å². The molecular formula is C19H39N4+. The predicted molar refractivity (Wildman–Crippen MR) is 99.4 cm³/mol. The summed E-state index contributed by atoms with van der Waals surface area (Å²) in [7, 11) is 4.42. The fourth-order valence-electron chi connectivity index (χ4n) is 4.60. The van der Waals surface area contributed by atoms with E-state index in [4.69, 9.17) is 0 Å². The first-order valence-electron chi connectivity index (χ1n) is 9.65. The molecule has 2 N–H and O–H groups in total. The highest BCUT2D eigenvalue weighted by Crippen LogP contribution is 2.45. The van der Waals surface area contributed by atoms with Gasteiger partial charge in [-0.05, 0) is 65.1 Å². The van der Waals surface area contributed by atoms with Crippen LogP contribution in [0.3, 0.4) is 0 Å². The lowest BCUT2D eigenvalue weighted by molar-refractivity contribution is -0.564. The van der Waals surface area contributed by atoms with Gasteiger partial charge in [-0.3, -0.25) is 5.32 Å². The molecule has 1 saturated carbocycles. The Kier molecular flexibility index (Phi) is 7.05. The van der Waals surface area contributed by atoms with Crippen molar-refractivity contribution in [2.45, 2.75) is 77.0 Å². The van der Waals surface area contributed by atoms with Crippen LogP contribution in [0.5, 0.6) is 0 Å². The Balaban J connectivity index is 1.92. The van der Waals surface area contributed by atoms with Crippen LogP contribution in [0, 0.1) is 5.41 Å². The van der Waals surface area contributed by atoms with Crippen molar-refractivity contribution in [1.82, 2.24) is 15.5 Å². The second kappa shape index (κ2) is 8.59. The van der Waals surface area contributed by atoms with Gasteiger partial charge in [0.15, 0.2) is 0 Å². The van der Waals surface area contributed by atoms with Gasteiger partial charge in [-0.25, -0.2) is 4.58 Å². The average molecular weight is 324 g/mol. The molecule has 0 radical (unpaired) electrons. The van der Waals surface area contributed by atoms with Gasteiger partial charge >= 0.3 is 0 Å². The maximum Gasteiger partial charge on any atom is 0.203 e. The first-order valence-corrected chi connectivity index (χ1v) is 9.65. The van der Waals surface area contributed by atoms with Crippen molar-refractivity contribution >= 4 is 6.72 Å². The van der Waals surface area contributed by atoms with Crippen LogP contribution in [0.25, 0.3) is 0 Å². The Bertz CT molecular complexity index is 378. The quantitative estimate of drug-likeness (QED) is 0.557. The maximum absolute atomic E-state index is 4.16. The molecule has 0 aromatic rings. The molecule has 1 saturated heterocycles. The SMILES string of the molecule is C=[N+]1CCCC(N(C)CC2(CCCNC)CCC2)C(C)NC1C. The summed E-state index contributed by atoms with van der Waals surface area (Å²) in [6, 6.07) is 1.17. The number of likely N-dealkylation sites (N-methyl/N-ethyl adjacent to an activating group) is 1. The van der Waals surface area contributed by atoms with E-state index in [1.807, 2.05) is 0 Å². The molecule has 2 aliphatic rings. The Labute approximate surface area is 143 Å². The molecule has 3 unspecified atom stereocenters. The van der Waals surface area contributed by atoms with Gasteiger partial charge < -0.3 is 10.2 Å². The van der Waals surface area contributed by atoms with E-state index in [1.165, 1.54) is 51.5 Å². The molecule has 3 atom stereocenters. The van der Waals surface area contributed by atoms with Crippen LogP contribution in [0.2, 0.25) is 0 Å². The van der Waals surface area contributed by atoms with Gasteiger partial charge in [0.1, 0.15) is 13.3 Å². The first-order chi connectivity index (χ1) is 11.0. The Hall–Kier alpha value is -0.450. The Morgan fingerprint density at radius 2 is 2.04 bits per heavy atom. The second-order valence-corrected chi connectivity index (χ2v) is 8.13. The Morgan fingerprint density at radius 1 is 1.30 bits per heavy atom. The smallest absolute Gasteiger partial charge is 0.203 e. The fraction of sp³-hybridized carbons (Fsp3) is 0.947. The van der Waals surface area contributed by atoms with E-state index in [0.717, 1.165) is 13.1 Å². The number of hydrogen-bond acceptors (Lipinski definition) is 3. The molecule has 23 heavy (non-hydrogen) atoms. The zero-order valence-corrected chi connectivity index (χ0v) is 15.9. The molecule has 1 heterocycles. The number of hydrogen-bond donors (Lipinski definition) is 2. The summed E-state index contributed by atoms with van der Waals surface area (Å²) in [5, 5.41) is 7.05. The Morgan fingerprint density at radius 3 is 2.65 bits per heavy atom. The van der Waals surface area contributed by atoms with Crippen LogP contribution in [0.4, 0.5) is 0 Å². The minimum absolute atomic E-state index is 0.370. The fourth-order valence-corrected chi connectivity index (χ4v) is 4.60. The lowest BCUT2D eigenvalue weighted by Crippen LogP contribution is -2.56. The van der Waals surface area contributed by atoms with Crippen molar-refractivity contribution in [3.63, 3.8) is 0 Å². The van der Waals surface area contributed by atoms with E-state index in [9.17, 15) is 0 Å². The third kappa shape index (κ3) is 5.01. The topological polar surface area (TPSA) is 30.3 Å². The lowest BCUT2D eigenvalue weighted by atomic mass is 9.65. The third-order valence-corrected chi connectivity index (χ3v) is 6.27. The van der Waals surface area contributed by atoms with Crippen molar-refractivity contribution in [3.05, 3.63) is 0 Å². The second-order valence-electron chi connectivity index (χ2n) is 8.13. The van der Waals surface area contributed by atoms with E-state index in [-0.39, 0.29) is 0 Å². The highest BCUT2D eigenvalue weighted by molar-refractivity contribution is 5.14. The minimum Gasteiger partial charge on any atom is -0.320 e. The largest absolute Gasteiger partial charge is 0.320 e. The minimum atomic E-state index is 0.370. The van der Waals surface area contributed by atoms with E-state index in [0.29, 0.717) is 23.7 Å². The summed E-state index contributed by atoms with van der Waals surface area (Å²) in [4.78, 5) is 2.67. The van der Waals surface area contributed by atoms with Gasteiger partial charge in [-0.2, -0.15) is 0 Å². The molecule has 1 aliphatic carbocycles. The number of rotatable bonds is 7. The highest BCUT2D eigenvalue weighted by atomic mass is 15.2. The summed E-state index contributed by atoms with van der Waals surface area (Å²) >= 11 is 0. The van der Waals surface area contributed by atoms with Gasteiger partial charge in [0.25, 0.3) is 0 Å². The first kappa shape index (κ1) is 18.9. The van der Waals surface area contributed by atoms with Crippen molar-refractivity contribution < 1.29 is 4.58 Å². The lowest BCUT2D eigenvalue weighted by Gasteiger charge is -2.47. The standard InChI is InChI=1S/C19H39N4/c1-16-18(9-6-14-22(4)17(2)21-16)23(5)15-19(10-7-11-19)12-8-13-20-3/h16-18,20-21H,4,6-15H2,1-3,5H3/q+1. The zero-order valence-electron chi connectivity index (χ0n) is 15.9. The van der Waals surface area contributed by atoms with E-state index in [1.54, 1.807) is 0 Å². The summed E-state index contributed by atoms with van der Waals surface area (Å²) in [5.74, 6) is 0. The number of nitrogens with zero attached hydrogens (tertiary/aromatic N) is 2. The van der Waals surface area contributed by atoms with Crippen molar-refractivity contribution in [3.8, 4) is 0 Å². The molecule has 0 aromatic heterocycles. The summed E-state index contributed by atoms with van der Waals surface area (Å²) in [5.41, 5.74) is 0.595. The molecule has 1 aliphatic heterocycles. The van der Waals surface area contributed by atoms with Crippen LogP contribution < -0.4 is 10.6 Å². The number of nitrogens with one attached hydrogen (secondary N) is 2. The van der Waals surface area contributed by atoms with E-state index in [2.05, 4.69) is 54.8 Å². The summed E-state index contributed by atoms with van der Waals surface area (Å²) in [6.45, 7) is 12.3. The van der Waals surface area contributed by atoms with Crippen LogP contribution in [-0.4, -0.2) is 68.2 Å².